The molecule has 180 valence electrons. The van der Waals surface area contributed by atoms with E-state index in [0.29, 0.717) is 0 Å². The largest absolute Gasteiger partial charge is 0.488 e. The third-order valence-corrected chi connectivity index (χ3v) is 4.92. The highest BCUT2D eigenvalue weighted by Crippen LogP contribution is 2.23. The normalized spacial score (nSPS) is 11.6. The number of aromatic amines is 1. The van der Waals surface area contributed by atoms with Crippen molar-refractivity contribution in [3.05, 3.63) is 86.0 Å². The van der Waals surface area contributed by atoms with Gasteiger partial charge in [0.2, 0.25) is 5.62 Å². The fourth-order valence-corrected chi connectivity index (χ4v) is 3.19. The van der Waals surface area contributed by atoms with E-state index in [2.05, 4.69) is 14.7 Å². The summed E-state index contributed by atoms with van der Waals surface area (Å²) in [5.74, 6) is -1.09. The minimum Gasteiger partial charge on any atom is -0.488 e. The predicted octanol–water partition coefficient (Wildman–Crippen LogP) is 2.42. The number of carbonyl (C=O) groups excluding carboxylic acids is 1. The van der Waals surface area contributed by atoms with Gasteiger partial charge >= 0.3 is 17.3 Å². The minimum absolute atomic E-state index is 0.0539. The molecule has 1 aromatic heterocycles. The Kier molecular flexibility index (Phi) is 7.83. The van der Waals surface area contributed by atoms with E-state index >= 15 is 0 Å². The standard InChI is InChI=1S/C24H27FN4O5/c1-15(2)34-20-10-9-18(13-19(20)25)26-22-27-23(31)28(12-11-21(30)33-4)24(32)29(22)14-17-7-5-16(3)6-8-17/h5-10,13,15H,11-12,14H2,1-4H3,(H,26,27,31). The molecule has 0 aliphatic heterocycles. The molecule has 0 unspecified atom stereocenters. The summed E-state index contributed by atoms with van der Waals surface area (Å²) in [4.78, 5) is 44.3. The van der Waals surface area contributed by atoms with E-state index in [1.807, 2.05) is 31.2 Å². The van der Waals surface area contributed by atoms with E-state index in [-0.39, 0.29) is 42.7 Å². The molecule has 1 heterocycles. The number of ether oxygens (including phenoxy) is 2. The lowest BCUT2D eigenvalue weighted by Gasteiger charge is -2.12. The Balaban J connectivity index is 2.12. The molecule has 9 nitrogen and oxygen atoms in total. The van der Waals surface area contributed by atoms with Crippen LogP contribution in [0.2, 0.25) is 0 Å². The molecule has 3 aromatic rings. The van der Waals surface area contributed by atoms with Gasteiger partial charge in [0.15, 0.2) is 11.6 Å². The van der Waals surface area contributed by atoms with E-state index in [4.69, 9.17) is 4.74 Å². The van der Waals surface area contributed by atoms with E-state index in [0.717, 1.165) is 21.8 Å². The summed E-state index contributed by atoms with van der Waals surface area (Å²) in [5, 5.41) is 0. The first-order chi connectivity index (χ1) is 16.2. The second-order valence-corrected chi connectivity index (χ2v) is 7.98. The number of hydrogen-bond donors (Lipinski definition) is 1. The van der Waals surface area contributed by atoms with Gasteiger partial charge in [0.25, 0.3) is 0 Å². The second kappa shape index (κ2) is 10.8. The summed E-state index contributed by atoms with van der Waals surface area (Å²) in [5.41, 5.74) is 0.577. The van der Waals surface area contributed by atoms with E-state index in [1.54, 1.807) is 13.8 Å². The molecule has 0 saturated carbocycles. The fraction of sp³-hybridized carbons (Fsp3) is 0.333. The van der Waals surface area contributed by atoms with Crippen molar-refractivity contribution in [2.75, 3.05) is 7.11 Å². The Labute approximate surface area is 195 Å². The number of halogens is 1. The average molecular weight is 471 g/mol. The monoisotopic (exact) mass is 470 g/mol. The summed E-state index contributed by atoms with van der Waals surface area (Å²) in [6, 6.07) is 11.6. The minimum atomic E-state index is -0.743. The smallest absolute Gasteiger partial charge is 0.335 e. The SMILES string of the molecule is COC(=O)CCn1c(=O)[nH]/c(=N\c2ccc(OC(C)C)c(F)c2)n(Cc2ccc(C)cc2)c1=O. The highest BCUT2D eigenvalue weighted by Gasteiger charge is 2.13. The molecular weight excluding hydrogens is 443 g/mol. The van der Waals surface area contributed by atoms with Gasteiger partial charge in [0.1, 0.15) is 0 Å². The van der Waals surface area contributed by atoms with Crippen LogP contribution in [0, 0.1) is 12.7 Å². The second-order valence-electron chi connectivity index (χ2n) is 7.98. The fourth-order valence-electron chi connectivity index (χ4n) is 3.19. The predicted molar refractivity (Wildman–Crippen MR) is 124 cm³/mol. The van der Waals surface area contributed by atoms with Gasteiger partial charge in [-0.15, -0.1) is 0 Å². The van der Waals surface area contributed by atoms with Crippen LogP contribution >= 0.6 is 0 Å². The van der Waals surface area contributed by atoms with Crippen LogP contribution in [0.4, 0.5) is 10.1 Å². The lowest BCUT2D eigenvalue weighted by Crippen LogP contribution is -2.50. The molecule has 0 aliphatic rings. The van der Waals surface area contributed by atoms with Gasteiger partial charge in [0, 0.05) is 12.6 Å². The van der Waals surface area contributed by atoms with Gasteiger partial charge in [0.05, 0.1) is 31.9 Å². The molecule has 0 amide bonds. The molecule has 0 atom stereocenters. The van der Waals surface area contributed by atoms with E-state index in [1.165, 1.54) is 23.8 Å². The molecule has 0 radical (unpaired) electrons. The summed E-state index contributed by atoms with van der Waals surface area (Å²) in [6.45, 7) is 5.45. The number of nitrogens with one attached hydrogen (secondary N) is 1. The molecule has 0 spiro atoms. The number of nitrogens with zero attached hydrogens (tertiary/aromatic N) is 3. The molecule has 3 rings (SSSR count). The zero-order valence-corrected chi connectivity index (χ0v) is 19.5. The summed E-state index contributed by atoms with van der Waals surface area (Å²) in [6.07, 6.45) is -0.355. The lowest BCUT2D eigenvalue weighted by molar-refractivity contribution is -0.140. The molecule has 0 saturated heterocycles. The van der Waals surface area contributed by atoms with Crippen molar-refractivity contribution in [3.8, 4) is 5.75 Å². The van der Waals surface area contributed by atoms with Crippen molar-refractivity contribution in [1.82, 2.24) is 14.1 Å². The van der Waals surface area contributed by atoms with Crippen molar-refractivity contribution >= 4 is 11.7 Å². The Morgan fingerprint density at radius 3 is 2.44 bits per heavy atom. The molecular formula is C24H27FN4O5. The van der Waals surface area contributed by atoms with Crippen molar-refractivity contribution in [2.45, 2.75) is 46.4 Å². The zero-order chi connectivity index (χ0) is 24.8. The van der Waals surface area contributed by atoms with Gasteiger partial charge in [-0.2, -0.15) is 0 Å². The van der Waals surface area contributed by atoms with E-state index in [9.17, 15) is 18.8 Å². The van der Waals surface area contributed by atoms with Gasteiger partial charge in [-0.05, 0) is 38.5 Å². The maximum atomic E-state index is 14.5. The quantitative estimate of drug-likeness (QED) is 0.509. The van der Waals surface area contributed by atoms with Crippen molar-refractivity contribution in [1.29, 1.82) is 0 Å². The number of hydrogen-bond acceptors (Lipinski definition) is 6. The molecule has 34 heavy (non-hydrogen) atoms. The van der Waals surface area contributed by atoms with Crippen molar-refractivity contribution < 1.29 is 18.7 Å². The first kappa shape index (κ1) is 24.7. The Hall–Kier alpha value is -3.95. The first-order valence-corrected chi connectivity index (χ1v) is 10.7. The zero-order valence-electron chi connectivity index (χ0n) is 19.5. The number of H-pyrrole nitrogens is 1. The number of aryl methyl sites for hydroxylation is 1. The van der Waals surface area contributed by atoms with Crippen LogP contribution in [0.3, 0.4) is 0 Å². The van der Waals surface area contributed by atoms with Crippen LogP contribution in [-0.2, 0) is 22.6 Å². The lowest BCUT2D eigenvalue weighted by atomic mass is 10.1. The van der Waals surface area contributed by atoms with Gasteiger partial charge in [-0.1, -0.05) is 29.8 Å². The Morgan fingerprint density at radius 2 is 1.82 bits per heavy atom. The maximum absolute atomic E-state index is 14.5. The van der Waals surface area contributed by atoms with Crippen molar-refractivity contribution in [2.24, 2.45) is 4.99 Å². The number of aromatic nitrogens is 3. The number of methoxy groups -OCH3 is 1. The summed E-state index contributed by atoms with van der Waals surface area (Å²) < 4.78 is 26.6. The van der Waals surface area contributed by atoms with Crippen molar-refractivity contribution in [3.63, 3.8) is 0 Å². The van der Waals surface area contributed by atoms with Gasteiger partial charge in [-0.25, -0.2) is 23.5 Å². The van der Waals surface area contributed by atoms with Crippen LogP contribution in [-0.4, -0.2) is 33.3 Å². The van der Waals surface area contributed by atoms with Crippen LogP contribution in [0.15, 0.2) is 57.0 Å². The molecule has 10 heteroatoms. The van der Waals surface area contributed by atoms with E-state index < -0.39 is 23.2 Å². The third-order valence-electron chi connectivity index (χ3n) is 4.92. The van der Waals surface area contributed by atoms with Crippen LogP contribution in [0.5, 0.6) is 5.75 Å². The summed E-state index contributed by atoms with van der Waals surface area (Å²) in [7, 11) is 1.23. The number of esters is 1. The molecule has 0 aliphatic carbocycles. The first-order valence-electron chi connectivity index (χ1n) is 10.7. The molecule has 0 fully saturated rings. The van der Waals surface area contributed by atoms with Crippen LogP contribution in [0.1, 0.15) is 31.4 Å². The average Bonchev–Trinajstić information content (AvgIpc) is 2.79. The van der Waals surface area contributed by atoms with Crippen LogP contribution in [0.25, 0.3) is 0 Å². The number of rotatable bonds is 8. The molecule has 0 bridgehead atoms. The third kappa shape index (κ3) is 6.09. The van der Waals surface area contributed by atoms with Gasteiger partial charge < -0.3 is 9.47 Å². The highest BCUT2D eigenvalue weighted by atomic mass is 19.1. The topological polar surface area (TPSA) is 108 Å². The molecule has 1 N–H and O–H groups in total. The highest BCUT2D eigenvalue weighted by molar-refractivity contribution is 5.68. The maximum Gasteiger partial charge on any atom is 0.335 e. The Bertz CT molecular complexity index is 1350. The number of carbonyl (C=O) groups is 1. The molecule has 2 aromatic carbocycles. The summed E-state index contributed by atoms with van der Waals surface area (Å²) >= 11 is 0. The Morgan fingerprint density at radius 1 is 1.12 bits per heavy atom. The number of benzene rings is 2. The van der Waals surface area contributed by atoms with Crippen LogP contribution < -0.4 is 21.7 Å². The van der Waals surface area contributed by atoms with Gasteiger partial charge in [-0.3, -0.25) is 14.3 Å².